The van der Waals surface area contributed by atoms with Gasteiger partial charge in [0.2, 0.25) is 0 Å². The molecular formula is C16H19NS. The Morgan fingerprint density at radius 1 is 1.28 bits per heavy atom. The van der Waals surface area contributed by atoms with Crippen LogP contribution in [0.3, 0.4) is 0 Å². The van der Waals surface area contributed by atoms with Gasteiger partial charge in [-0.2, -0.15) is 4.37 Å². The van der Waals surface area contributed by atoms with Crippen molar-refractivity contribution in [2.24, 2.45) is 23.7 Å². The lowest BCUT2D eigenvalue weighted by Gasteiger charge is -2.17. The SMILES string of the molecule is CC1CC2CCC1C2Cc1nsc2ccccc12. The molecule has 4 atom stereocenters. The van der Waals surface area contributed by atoms with Crippen LogP contribution in [-0.4, -0.2) is 4.37 Å². The van der Waals surface area contributed by atoms with E-state index in [1.54, 1.807) is 11.5 Å². The van der Waals surface area contributed by atoms with Gasteiger partial charge in [0, 0.05) is 5.39 Å². The largest absolute Gasteiger partial charge is 0.196 e. The van der Waals surface area contributed by atoms with Gasteiger partial charge in [0.1, 0.15) is 0 Å². The molecular weight excluding hydrogens is 238 g/mol. The van der Waals surface area contributed by atoms with Crippen LogP contribution in [0.25, 0.3) is 10.1 Å². The number of nitrogens with zero attached hydrogens (tertiary/aromatic N) is 1. The summed E-state index contributed by atoms with van der Waals surface area (Å²) < 4.78 is 6.07. The maximum Gasteiger partial charge on any atom is 0.0623 e. The third-order valence-electron chi connectivity index (χ3n) is 5.31. The van der Waals surface area contributed by atoms with Gasteiger partial charge in [-0.1, -0.05) is 25.1 Å². The summed E-state index contributed by atoms with van der Waals surface area (Å²) in [7, 11) is 0. The van der Waals surface area contributed by atoms with Crippen LogP contribution < -0.4 is 0 Å². The first-order chi connectivity index (χ1) is 8.83. The predicted octanol–water partition coefficient (Wildman–Crippen LogP) is 4.52. The highest BCUT2D eigenvalue weighted by Crippen LogP contribution is 2.53. The molecule has 2 saturated carbocycles. The van der Waals surface area contributed by atoms with Crippen molar-refractivity contribution in [1.29, 1.82) is 0 Å². The molecule has 2 heteroatoms. The molecule has 2 aromatic rings. The van der Waals surface area contributed by atoms with Crippen molar-refractivity contribution < 1.29 is 0 Å². The van der Waals surface area contributed by atoms with Crippen LogP contribution in [0, 0.1) is 23.7 Å². The quantitative estimate of drug-likeness (QED) is 0.770. The average molecular weight is 257 g/mol. The fraction of sp³-hybridized carbons (Fsp3) is 0.562. The fourth-order valence-corrected chi connectivity index (χ4v) is 5.27. The molecule has 1 aromatic heterocycles. The van der Waals surface area contributed by atoms with Gasteiger partial charge < -0.3 is 0 Å². The molecule has 0 saturated heterocycles. The van der Waals surface area contributed by atoms with Crippen LogP contribution in [0.5, 0.6) is 0 Å². The number of rotatable bonds is 2. The fourth-order valence-electron chi connectivity index (χ4n) is 4.46. The molecule has 0 radical (unpaired) electrons. The second-order valence-corrected chi connectivity index (χ2v) is 7.01. The highest BCUT2D eigenvalue weighted by Gasteiger charge is 2.45. The highest BCUT2D eigenvalue weighted by molar-refractivity contribution is 7.13. The van der Waals surface area contributed by atoms with E-state index in [-0.39, 0.29) is 0 Å². The van der Waals surface area contributed by atoms with Gasteiger partial charge in [-0.15, -0.1) is 0 Å². The lowest BCUT2D eigenvalue weighted by atomic mass is 9.88. The lowest BCUT2D eigenvalue weighted by molar-refractivity contribution is 0.339. The van der Waals surface area contributed by atoms with Gasteiger partial charge in [0.25, 0.3) is 0 Å². The summed E-state index contributed by atoms with van der Waals surface area (Å²) in [6.45, 7) is 2.45. The van der Waals surface area contributed by atoms with Gasteiger partial charge in [-0.05, 0) is 67.0 Å². The zero-order valence-corrected chi connectivity index (χ0v) is 11.6. The lowest BCUT2D eigenvalue weighted by Crippen LogP contribution is -2.12. The number of hydrogen-bond acceptors (Lipinski definition) is 2. The van der Waals surface area contributed by atoms with E-state index in [4.69, 9.17) is 4.37 Å². The van der Waals surface area contributed by atoms with Crippen LogP contribution in [0.15, 0.2) is 24.3 Å². The van der Waals surface area contributed by atoms with Crippen molar-refractivity contribution in [2.45, 2.75) is 32.6 Å². The third kappa shape index (κ3) is 1.55. The van der Waals surface area contributed by atoms with E-state index >= 15 is 0 Å². The van der Waals surface area contributed by atoms with Crippen LogP contribution in [-0.2, 0) is 6.42 Å². The molecule has 0 amide bonds. The second kappa shape index (κ2) is 4.06. The van der Waals surface area contributed by atoms with Gasteiger partial charge in [-0.25, -0.2) is 0 Å². The summed E-state index contributed by atoms with van der Waals surface area (Å²) in [6.07, 6.45) is 5.64. The summed E-state index contributed by atoms with van der Waals surface area (Å²) >= 11 is 1.67. The monoisotopic (exact) mass is 257 g/mol. The van der Waals surface area contributed by atoms with Crippen molar-refractivity contribution in [3.63, 3.8) is 0 Å². The number of fused-ring (bicyclic) bond motifs is 3. The Kier molecular flexibility index (Phi) is 2.47. The summed E-state index contributed by atoms with van der Waals surface area (Å²) in [5.41, 5.74) is 1.37. The van der Waals surface area contributed by atoms with E-state index in [2.05, 4.69) is 31.2 Å². The molecule has 1 heterocycles. The first-order valence-corrected chi connectivity index (χ1v) is 7.93. The Balaban J connectivity index is 1.65. The van der Waals surface area contributed by atoms with Crippen molar-refractivity contribution in [1.82, 2.24) is 4.37 Å². The normalized spacial score (nSPS) is 34.5. The van der Waals surface area contributed by atoms with Crippen molar-refractivity contribution >= 4 is 21.6 Å². The second-order valence-electron chi connectivity index (χ2n) is 6.21. The summed E-state index contributed by atoms with van der Waals surface area (Å²) in [5.74, 6) is 3.85. The molecule has 1 nitrogen and oxygen atoms in total. The minimum atomic E-state index is 0.922. The number of aromatic nitrogens is 1. The smallest absolute Gasteiger partial charge is 0.0623 e. The zero-order chi connectivity index (χ0) is 12.1. The predicted molar refractivity (Wildman–Crippen MR) is 76.8 cm³/mol. The molecule has 0 N–H and O–H groups in total. The maximum absolute atomic E-state index is 4.72. The van der Waals surface area contributed by atoms with Crippen LogP contribution in [0.1, 0.15) is 31.9 Å². The van der Waals surface area contributed by atoms with Gasteiger partial charge in [0.15, 0.2) is 0 Å². The number of hydrogen-bond donors (Lipinski definition) is 0. The summed E-state index contributed by atoms with van der Waals surface area (Å²) in [5, 5.41) is 1.40. The summed E-state index contributed by atoms with van der Waals surface area (Å²) in [4.78, 5) is 0. The first kappa shape index (κ1) is 11.0. The maximum atomic E-state index is 4.72. The Morgan fingerprint density at radius 2 is 2.17 bits per heavy atom. The minimum Gasteiger partial charge on any atom is -0.196 e. The van der Waals surface area contributed by atoms with Gasteiger partial charge in [0.05, 0.1) is 10.4 Å². The zero-order valence-electron chi connectivity index (χ0n) is 10.8. The molecule has 18 heavy (non-hydrogen) atoms. The molecule has 4 unspecified atom stereocenters. The van der Waals surface area contributed by atoms with Gasteiger partial charge >= 0.3 is 0 Å². The molecule has 94 valence electrons. The molecule has 2 aliphatic carbocycles. The molecule has 2 fully saturated rings. The number of benzene rings is 1. The molecule has 0 spiro atoms. The molecule has 2 aliphatic rings. The third-order valence-corrected chi connectivity index (χ3v) is 6.18. The van der Waals surface area contributed by atoms with E-state index in [0.717, 1.165) is 23.7 Å². The Labute approximate surface area is 112 Å². The van der Waals surface area contributed by atoms with Crippen molar-refractivity contribution in [2.75, 3.05) is 0 Å². The van der Waals surface area contributed by atoms with E-state index in [1.807, 2.05) is 0 Å². The van der Waals surface area contributed by atoms with Crippen LogP contribution in [0.4, 0.5) is 0 Å². The molecule has 0 aliphatic heterocycles. The Bertz CT molecular complexity index is 573. The Hall–Kier alpha value is -0.890. The molecule has 2 bridgehead atoms. The van der Waals surface area contributed by atoms with Crippen LogP contribution in [0.2, 0.25) is 0 Å². The van der Waals surface area contributed by atoms with Crippen molar-refractivity contribution in [3.05, 3.63) is 30.0 Å². The Morgan fingerprint density at radius 3 is 2.94 bits per heavy atom. The average Bonchev–Trinajstić information content (AvgIpc) is 3.04. The first-order valence-electron chi connectivity index (χ1n) is 7.16. The van der Waals surface area contributed by atoms with Gasteiger partial charge in [-0.3, -0.25) is 0 Å². The van der Waals surface area contributed by atoms with E-state index in [0.29, 0.717) is 0 Å². The summed E-state index contributed by atoms with van der Waals surface area (Å²) in [6, 6.07) is 8.70. The van der Waals surface area contributed by atoms with E-state index in [1.165, 1.54) is 41.5 Å². The van der Waals surface area contributed by atoms with E-state index < -0.39 is 0 Å². The van der Waals surface area contributed by atoms with E-state index in [9.17, 15) is 0 Å². The molecule has 1 aromatic carbocycles. The topological polar surface area (TPSA) is 12.9 Å². The minimum absolute atomic E-state index is 0.922. The molecule has 4 rings (SSSR count). The van der Waals surface area contributed by atoms with Crippen molar-refractivity contribution in [3.8, 4) is 0 Å². The highest BCUT2D eigenvalue weighted by atomic mass is 32.1. The van der Waals surface area contributed by atoms with Crippen LogP contribution >= 0.6 is 11.5 Å². The standard InChI is InChI=1S/C16H19NS/c1-10-8-11-6-7-12(10)14(11)9-15-13-4-2-3-5-16(13)18-17-15/h2-5,10-12,14H,6-9H2,1H3.